The summed E-state index contributed by atoms with van der Waals surface area (Å²) in [6.45, 7) is 2.08. The summed E-state index contributed by atoms with van der Waals surface area (Å²) in [5.74, 6) is -0.733. The van der Waals surface area contributed by atoms with Gasteiger partial charge in [0.05, 0.1) is 0 Å². The fourth-order valence-corrected chi connectivity index (χ4v) is 1.79. The number of allylic oxidation sites excluding steroid dienone is 1. The minimum absolute atomic E-state index is 0.248. The zero-order valence-electron chi connectivity index (χ0n) is 11.1. The van der Waals surface area contributed by atoms with E-state index in [9.17, 15) is 14.8 Å². The zero-order chi connectivity index (χ0) is 14.1. The lowest BCUT2D eigenvalue weighted by atomic mass is 10.1. The van der Waals surface area contributed by atoms with Crippen LogP contribution in [0.1, 0.15) is 44.6 Å². The van der Waals surface area contributed by atoms with Gasteiger partial charge in [-0.05, 0) is 11.6 Å². The lowest BCUT2D eigenvalue weighted by Crippen LogP contribution is -2.03. The van der Waals surface area contributed by atoms with Crippen LogP contribution >= 0.6 is 0 Å². The van der Waals surface area contributed by atoms with Crippen LogP contribution in [0.25, 0.3) is 5.76 Å². The fraction of sp³-hybridized carbons (Fsp3) is 0.400. The van der Waals surface area contributed by atoms with Crippen LogP contribution in [0.2, 0.25) is 0 Å². The van der Waals surface area contributed by atoms with Gasteiger partial charge in [0, 0.05) is 12.0 Å². The summed E-state index contributed by atoms with van der Waals surface area (Å²) in [6, 6.07) is 8.49. The molecule has 0 bridgehead atoms. The molecule has 1 rings (SSSR count). The number of aliphatic hydroxyl groups excluding tert-OH is 1. The first-order chi connectivity index (χ1) is 9.20. The summed E-state index contributed by atoms with van der Waals surface area (Å²) in [5, 5.41) is 12.6. The van der Waals surface area contributed by atoms with Gasteiger partial charge in [0.1, 0.15) is 0 Å². The number of carbonyl (C=O) groups excluding carboxylic acids is 1. The standard InChI is InChI=1S/C15H19NO3/c1-2-3-4-8-11-13(17)14(16-19)15(18)12-9-6-5-7-10-12/h5-7,9-10,18H,2-4,8,11H2,1H3. The van der Waals surface area contributed by atoms with Gasteiger partial charge in [-0.25, -0.2) is 0 Å². The molecular weight excluding hydrogens is 242 g/mol. The molecule has 0 unspecified atom stereocenters. The molecule has 0 spiro atoms. The maximum atomic E-state index is 11.8. The molecule has 0 heterocycles. The van der Waals surface area contributed by atoms with Crippen LogP contribution < -0.4 is 0 Å². The first-order valence-corrected chi connectivity index (χ1v) is 6.56. The Bertz CT molecular complexity index is 452. The monoisotopic (exact) mass is 261 g/mol. The van der Waals surface area contributed by atoms with Crippen LogP contribution in [0.15, 0.2) is 41.2 Å². The minimum atomic E-state index is -0.396. The highest BCUT2D eigenvalue weighted by molar-refractivity contribution is 6.00. The van der Waals surface area contributed by atoms with E-state index in [4.69, 9.17) is 0 Å². The summed E-state index contributed by atoms with van der Waals surface area (Å²) in [6.07, 6.45) is 4.05. The maximum absolute atomic E-state index is 11.8. The van der Waals surface area contributed by atoms with Crippen molar-refractivity contribution < 1.29 is 9.90 Å². The SMILES string of the molecule is CCCCCCC(=O)C(N=O)=C(O)c1ccccc1. The second-order valence-electron chi connectivity index (χ2n) is 4.39. The quantitative estimate of drug-likeness (QED) is 0.330. The Hall–Kier alpha value is -1.97. The summed E-state index contributed by atoms with van der Waals surface area (Å²) in [4.78, 5) is 22.6. The highest BCUT2D eigenvalue weighted by atomic mass is 16.3. The molecule has 19 heavy (non-hydrogen) atoms. The third-order valence-corrected chi connectivity index (χ3v) is 2.88. The van der Waals surface area contributed by atoms with Crippen molar-refractivity contribution in [3.8, 4) is 0 Å². The fourth-order valence-electron chi connectivity index (χ4n) is 1.79. The minimum Gasteiger partial charge on any atom is -0.505 e. The van der Waals surface area contributed by atoms with E-state index < -0.39 is 5.78 Å². The van der Waals surface area contributed by atoms with Crippen molar-refractivity contribution in [3.05, 3.63) is 46.5 Å². The molecule has 0 atom stereocenters. The first kappa shape index (κ1) is 15.1. The first-order valence-electron chi connectivity index (χ1n) is 6.56. The average molecular weight is 261 g/mol. The summed E-state index contributed by atoms with van der Waals surface area (Å²) < 4.78 is 0. The van der Waals surface area contributed by atoms with Gasteiger partial charge in [-0.1, -0.05) is 56.5 Å². The van der Waals surface area contributed by atoms with Gasteiger partial charge in [-0.3, -0.25) is 4.79 Å². The van der Waals surface area contributed by atoms with Crippen molar-refractivity contribution in [2.24, 2.45) is 5.18 Å². The number of carbonyl (C=O) groups is 1. The van der Waals surface area contributed by atoms with Gasteiger partial charge in [-0.15, -0.1) is 4.91 Å². The van der Waals surface area contributed by atoms with Crippen molar-refractivity contribution in [1.82, 2.24) is 0 Å². The van der Waals surface area contributed by atoms with E-state index >= 15 is 0 Å². The molecule has 0 aromatic heterocycles. The van der Waals surface area contributed by atoms with E-state index in [-0.39, 0.29) is 17.9 Å². The molecule has 1 N–H and O–H groups in total. The highest BCUT2D eigenvalue weighted by Crippen LogP contribution is 2.19. The van der Waals surface area contributed by atoms with Gasteiger partial charge in [0.15, 0.2) is 17.2 Å². The third kappa shape index (κ3) is 4.66. The molecule has 0 aliphatic carbocycles. The maximum Gasteiger partial charge on any atom is 0.193 e. The van der Waals surface area contributed by atoms with E-state index in [1.54, 1.807) is 30.3 Å². The molecular formula is C15H19NO3. The molecule has 1 aromatic rings. The molecule has 0 saturated carbocycles. The van der Waals surface area contributed by atoms with Gasteiger partial charge in [0.25, 0.3) is 0 Å². The summed E-state index contributed by atoms with van der Waals surface area (Å²) in [7, 11) is 0. The zero-order valence-corrected chi connectivity index (χ0v) is 11.1. The molecule has 0 amide bonds. The summed E-state index contributed by atoms with van der Waals surface area (Å²) in [5.41, 5.74) is 0.0571. The molecule has 0 radical (unpaired) electrons. The van der Waals surface area contributed by atoms with Crippen LogP contribution in [-0.2, 0) is 4.79 Å². The molecule has 0 aliphatic heterocycles. The van der Waals surface area contributed by atoms with Crippen LogP contribution in [0, 0.1) is 4.91 Å². The number of Topliss-reactive ketones (excluding diaryl/α,β-unsaturated/α-hetero) is 1. The second kappa shape index (κ2) is 8.19. The number of benzene rings is 1. The number of rotatable bonds is 8. The molecule has 102 valence electrons. The van der Waals surface area contributed by atoms with E-state index in [0.717, 1.165) is 19.3 Å². The number of unbranched alkanes of at least 4 members (excludes halogenated alkanes) is 3. The Balaban J connectivity index is 2.76. The van der Waals surface area contributed by atoms with Gasteiger partial charge in [-0.2, -0.15) is 0 Å². The molecule has 0 fully saturated rings. The Morgan fingerprint density at radius 3 is 2.42 bits per heavy atom. The van der Waals surface area contributed by atoms with Crippen molar-refractivity contribution >= 4 is 11.5 Å². The van der Waals surface area contributed by atoms with Crippen LogP contribution in [-0.4, -0.2) is 10.9 Å². The Labute approximate surface area is 113 Å². The topological polar surface area (TPSA) is 66.7 Å². The molecule has 1 aromatic carbocycles. The van der Waals surface area contributed by atoms with Gasteiger partial charge in [0.2, 0.25) is 0 Å². The lowest BCUT2D eigenvalue weighted by molar-refractivity contribution is -0.115. The number of nitroso groups, excluding NO2 is 1. The van der Waals surface area contributed by atoms with E-state index in [0.29, 0.717) is 12.0 Å². The Morgan fingerprint density at radius 2 is 1.84 bits per heavy atom. The Kier molecular flexibility index (Phi) is 6.50. The number of ketones is 1. The molecule has 4 nitrogen and oxygen atoms in total. The number of nitrogens with zero attached hydrogens (tertiary/aromatic N) is 1. The van der Waals surface area contributed by atoms with E-state index in [2.05, 4.69) is 12.1 Å². The van der Waals surface area contributed by atoms with Gasteiger partial charge >= 0.3 is 0 Å². The number of hydrogen-bond donors (Lipinski definition) is 1. The predicted molar refractivity (Wildman–Crippen MR) is 75.6 cm³/mol. The average Bonchev–Trinajstić information content (AvgIpc) is 2.45. The normalized spacial score (nSPS) is 11.8. The number of aliphatic hydroxyl groups is 1. The Morgan fingerprint density at radius 1 is 1.16 bits per heavy atom. The van der Waals surface area contributed by atoms with E-state index in [1.807, 2.05) is 0 Å². The summed E-state index contributed by atoms with van der Waals surface area (Å²) >= 11 is 0. The number of hydrogen-bond acceptors (Lipinski definition) is 4. The van der Waals surface area contributed by atoms with Crippen LogP contribution in [0.5, 0.6) is 0 Å². The van der Waals surface area contributed by atoms with Crippen molar-refractivity contribution in [3.63, 3.8) is 0 Å². The second-order valence-corrected chi connectivity index (χ2v) is 4.39. The van der Waals surface area contributed by atoms with Crippen molar-refractivity contribution in [2.75, 3.05) is 0 Å². The third-order valence-electron chi connectivity index (χ3n) is 2.88. The smallest absolute Gasteiger partial charge is 0.193 e. The molecule has 4 heteroatoms. The molecule has 0 aliphatic rings. The molecule has 0 saturated heterocycles. The lowest BCUT2D eigenvalue weighted by Gasteiger charge is -2.04. The van der Waals surface area contributed by atoms with Crippen molar-refractivity contribution in [2.45, 2.75) is 39.0 Å². The predicted octanol–water partition coefficient (Wildman–Crippen LogP) is 4.22. The highest BCUT2D eigenvalue weighted by Gasteiger charge is 2.17. The van der Waals surface area contributed by atoms with Crippen LogP contribution in [0.3, 0.4) is 0 Å². The van der Waals surface area contributed by atoms with Crippen molar-refractivity contribution in [1.29, 1.82) is 0 Å². The van der Waals surface area contributed by atoms with E-state index in [1.165, 1.54) is 0 Å². The van der Waals surface area contributed by atoms with Gasteiger partial charge < -0.3 is 5.11 Å². The largest absolute Gasteiger partial charge is 0.505 e. The van der Waals surface area contributed by atoms with Crippen LogP contribution in [0.4, 0.5) is 0 Å².